The normalized spacial score (nSPS) is 20.7. The zero-order valence-corrected chi connectivity index (χ0v) is 17.3. The van der Waals surface area contributed by atoms with Crippen molar-refractivity contribution in [1.29, 1.82) is 0 Å². The molecule has 2 aromatic rings. The molecule has 0 bridgehead atoms. The number of hydrogen-bond acceptors (Lipinski definition) is 4. The third-order valence-electron chi connectivity index (χ3n) is 6.46. The van der Waals surface area contributed by atoms with Crippen molar-refractivity contribution < 1.29 is 4.79 Å². The highest BCUT2D eigenvalue weighted by Crippen LogP contribution is 2.33. The minimum Gasteiger partial charge on any atom is -0.342 e. The van der Waals surface area contributed by atoms with Crippen LogP contribution >= 0.6 is 0 Å². The van der Waals surface area contributed by atoms with Gasteiger partial charge >= 0.3 is 0 Å². The lowest BCUT2D eigenvalue weighted by atomic mass is 10.0. The fraction of sp³-hybridized carbons (Fsp3) is 0.682. The first-order chi connectivity index (χ1) is 13.6. The van der Waals surface area contributed by atoms with E-state index >= 15 is 0 Å². The van der Waals surface area contributed by atoms with Crippen LogP contribution in [0, 0.1) is 5.92 Å². The van der Waals surface area contributed by atoms with Crippen molar-refractivity contribution in [3.63, 3.8) is 0 Å². The minimum absolute atomic E-state index is 0.322. The standard InChI is InChI=1S/C22H33N5O/c1-25(2)14-15-27-22-19(8-5-12-23-22)21(24-27)18-11-13-26(16-18)20(28)10-9-17-6-3-4-7-17/h5,8,12,17-18H,3-4,6-7,9-11,13-16H2,1-2H3/t18-/m1/s1. The van der Waals surface area contributed by atoms with Gasteiger partial charge in [-0.05, 0) is 45.0 Å². The second-order valence-corrected chi connectivity index (χ2v) is 8.80. The number of carbonyl (C=O) groups excluding carboxylic acids is 1. The highest BCUT2D eigenvalue weighted by Gasteiger charge is 2.31. The van der Waals surface area contributed by atoms with Gasteiger partial charge in [-0.2, -0.15) is 5.10 Å². The Labute approximate surface area is 167 Å². The first-order valence-corrected chi connectivity index (χ1v) is 10.9. The molecule has 1 aliphatic heterocycles. The van der Waals surface area contributed by atoms with Crippen molar-refractivity contribution in [3.05, 3.63) is 24.0 Å². The molecule has 0 aromatic carbocycles. The molecule has 2 fully saturated rings. The fourth-order valence-corrected chi connectivity index (χ4v) is 4.78. The second kappa shape index (κ2) is 8.60. The van der Waals surface area contributed by atoms with E-state index in [-0.39, 0.29) is 0 Å². The number of rotatable bonds is 7. The number of aromatic nitrogens is 3. The molecule has 6 nitrogen and oxygen atoms in total. The molecule has 2 aliphatic rings. The Morgan fingerprint density at radius 2 is 2.07 bits per heavy atom. The lowest BCUT2D eigenvalue weighted by molar-refractivity contribution is -0.130. The van der Waals surface area contributed by atoms with Crippen molar-refractivity contribution >= 4 is 16.9 Å². The SMILES string of the molecule is CN(C)CCn1nc([C@@H]2CCN(C(=O)CCC3CCCC3)C2)c2cccnc21. The molecule has 0 unspecified atom stereocenters. The zero-order valence-electron chi connectivity index (χ0n) is 17.3. The summed E-state index contributed by atoms with van der Waals surface area (Å²) >= 11 is 0. The van der Waals surface area contributed by atoms with Gasteiger partial charge in [0.15, 0.2) is 5.65 Å². The Balaban J connectivity index is 1.43. The molecule has 1 amide bonds. The lowest BCUT2D eigenvalue weighted by Gasteiger charge is -2.17. The maximum Gasteiger partial charge on any atom is 0.222 e. The average molecular weight is 384 g/mol. The molecule has 28 heavy (non-hydrogen) atoms. The van der Waals surface area contributed by atoms with Crippen LogP contribution in [0.15, 0.2) is 18.3 Å². The Bertz CT molecular complexity index is 808. The minimum atomic E-state index is 0.322. The largest absolute Gasteiger partial charge is 0.342 e. The molecule has 2 aromatic heterocycles. The van der Waals surface area contributed by atoms with E-state index in [4.69, 9.17) is 5.10 Å². The van der Waals surface area contributed by atoms with Crippen molar-refractivity contribution in [2.45, 2.75) is 57.4 Å². The molecule has 0 radical (unpaired) electrons. The summed E-state index contributed by atoms with van der Waals surface area (Å²) in [6.07, 6.45) is 9.98. The Hall–Kier alpha value is -1.95. The average Bonchev–Trinajstić information content (AvgIpc) is 3.43. The topological polar surface area (TPSA) is 54.3 Å². The van der Waals surface area contributed by atoms with Crippen molar-refractivity contribution in [3.8, 4) is 0 Å². The van der Waals surface area contributed by atoms with Crippen LogP contribution in [0.5, 0.6) is 0 Å². The number of likely N-dealkylation sites (N-methyl/N-ethyl adjacent to an activating group) is 1. The smallest absolute Gasteiger partial charge is 0.222 e. The first kappa shape index (κ1) is 19.4. The van der Waals surface area contributed by atoms with E-state index < -0.39 is 0 Å². The Morgan fingerprint density at radius 3 is 2.86 bits per heavy atom. The van der Waals surface area contributed by atoms with E-state index in [1.807, 2.05) is 16.9 Å². The third-order valence-corrected chi connectivity index (χ3v) is 6.46. The number of carbonyl (C=O) groups is 1. The van der Waals surface area contributed by atoms with Crippen LogP contribution in [0.3, 0.4) is 0 Å². The molecule has 1 saturated carbocycles. The fourth-order valence-electron chi connectivity index (χ4n) is 4.78. The zero-order chi connectivity index (χ0) is 19.5. The summed E-state index contributed by atoms with van der Waals surface area (Å²) in [4.78, 5) is 21.5. The van der Waals surface area contributed by atoms with Crippen LogP contribution in [-0.4, -0.2) is 64.2 Å². The maximum absolute atomic E-state index is 12.7. The van der Waals surface area contributed by atoms with Gasteiger partial charge in [0.05, 0.1) is 12.2 Å². The quantitative estimate of drug-likeness (QED) is 0.736. The number of likely N-dealkylation sites (tertiary alicyclic amines) is 1. The van der Waals surface area contributed by atoms with Gasteiger partial charge in [-0.3, -0.25) is 4.79 Å². The number of amides is 1. The number of hydrogen-bond donors (Lipinski definition) is 0. The van der Waals surface area contributed by atoms with Crippen LogP contribution in [-0.2, 0) is 11.3 Å². The van der Waals surface area contributed by atoms with Crippen molar-refractivity contribution in [2.24, 2.45) is 5.92 Å². The third kappa shape index (κ3) is 4.22. The van der Waals surface area contributed by atoms with E-state index in [1.54, 1.807) is 0 Å². The van der Waals surface area contributed by atoms with E-state index in [1.165, 1.54) is 25.7 Å². The molecule has 6 heteroatoms. The Kier molecular flexibility index (Phi) is 5.95. The van der Waals surface area contributed by atoms with Crippen molar-refractivity contribution in [1.82, 2.24) is 24.6 Å². The molecule has 1 saturated heterocycles. The van der Waals surface area contributed by atoms with E-state index in [0.717, 1.165) is 68.1 Å². The second-order valence-electron chi connectivity index (χ2n) is 8.80. The van der Waals surface area contributed by atoms with Crippen molar-refractivity contribution in [2.75, 3.05) is 33.7 Å². The van der Waals surface area contributed by atoms with Crippen LogP contribution < -0.4 is 0 Å². The first-order valence-electron chi connectivity index (χ1n) is 10.9. The summed E-state index contributed by atoms with van der Waals surface area (Å²) in [5.41, 5.74) is 2.08. The van der Waals surface area contributed by atoms with E-state index in [2.05, 4.69) is 34.9 Å². The van der Waals surface area contributed by atoms with Gasteiger partial charge in [-0.15, -0.1) is 0 Å². The van der Waals surface area contributed by atoms with Crippen LogP contribution in [0.1, 0.15) is 56.6 Å². The summed E-state index contributed by atoms with van der Waals surface area (Å²) in [7, 11) is 4.15. The number of nitrogens with zero attached hydrogens (tertiary/aromatic N) is 5. The molecule has 1 atom stereocenters. The predicted octanol–water partition coefficient (Wildman–Crippen LogP) is 3.28. The Morgan fingerprint density at radius 1 is 1.25 bits per heavy atom. The summed E-state index contributed by atoms with van der Waals surface area (Å²) in [6, 6.07) is 4.12. The van der Waals surface area contributed by atoms with Crippen LogP contribution in [0.25, 0.3) is 11.0 Å². The maximum atomic E-state index is 12.7. The molecular weight excluding hydrogens is 350 g/mol. The summed E-state index contributed by atoms with van der Waals surface area (Å²) in [5, 5.41) is 6.08. The number of pyridine rings is 1. The molecular formula is C22H33N5O. The van der Waals surface area contributed by atoms with Gasteiger partial charge in [0.1, 0.15) is 0 Å². The van der Waals surface area contributed by atoms with Gasteiger partial charge in [-0.25, -0.2) is 9.67 Å². The van der Waals surface area contributed by atoms with Gasteiger partial charge < -0.3 is 9.80 Å². The van der Waals surface area contributed by atoms with Gasteiger partial charge in [0.2, 0.25) is 5.91 Å². The highest BCUT2D eigenvalue weighted by molar-refractivity contribution is 5.80. The molecule has 4 rings (SSSR count). The highest BCUT2D eigenvalue weighted by atomic mass is 16.2. The molecule has 152 valence electrons. The van der Waals surface area contributed by atoms with Crippen LogP contribution in [0.4, 0.5) is 0 Å². The van der Waals surface area contributed by atoms with Crippen LogP contribution in [0.2, 0.25) is 0 Å². The van der Waals surface area contributed by atoms with Gasteiger partial charge in [-0.1, -0.05) is 25.7 Å². The molecule has 1 aliphatic carbocycles. The molecule has 0 spiro atoms. The summed E-state index contributed by atoms with van der Waals surface area (Å²) in [6.45, 7) is 3.43. The molecule has 0 N–H and O–H groups in total. The number of fused-ring (bicyclic) bond motifs is 1. The lowest BCUT2D eigenvalue weighted by Crippen LogP contribution is -2.28. The van der Waals surface area contributed by atoms with Gasteiger partial charge in [0.25, 0.3) is 0 Å². The van der Waals surface area contributed by atoms with E-state index in [0.29, 0.717) is 11.8 Å². The molecule has 3 heterocycles. The van der Waals surface area contributed by atoms with E-state index in [9.17, 15) is 4.79 Å². The van der Waals surface area contributed by atoms with Gasteiger partial charge in [0, 0.05) is 43.6 Å². The monoisotopic (exact) mass is 383 g/mol. The predicted molar refractivity (Wildman–Crippen MR) is 111 cm³/mol. The summed E-state index contributed by atoms with van der Waals surface area (Å²) < 4.78 is 2.04. The summed E-state index contributed by atoms with van der Waals surface area (Å²) in [5.74, 6) is 1.44.